The van der Waals surface area contributed by atoms with Gasteiger partial charge >= 0.3 is 12.1 Å². The van der Waals surface area contributed by atoms with E-state index in [4.69, 9.17) is 16.3 Å². The number of ether oxygens (including phenoxy) is 1. The molecule has 0 aliphatic rings. The van der Waals surface area contributed by atoms with Crippen LogP contribution < -0.4 is 10.6 Å². The molecule has 1 aromatic heterocycles. The van der Waals surface area contributed by atoms with Gasteiger partial charge in [-0.15, -0.1) is 0 Å². The van der Waals surface area contributed by atoms with Crippen LogP contribution in [0.5, 0.6) is 0 Å². The Morgan fingerprint density at radius 1 is 0.872 bits per heavy atom. The molecule has 47 heavy (non-hydrogen) atoms. The number of thioether (sulfide) groups is 1. The molecule has 246 valence electrons. The van der Waals surface area contributed by atoms with Crippen LogP contribution in [0.1, 0.15) is 64.6 Å². The number of esters is 1. The van der Waals surface area contributed by atoms with Crippen LogP contribution in [0.2, 0.25) is 5.02 Å². The van der Waals surface area contributed by atoms with Crippen LogP contribution in [0, 0.1) is 0 Å². The highest BCUT2D eigenvalue weighted by Gasteiger charge is 2.30. The summed E-state index contributed by atoms with van der Waals surface area (Å²) >= 11 is 7.85. The number of aromatic nitrogens is 1. The first kappa shape index (κ1) is 35.5. The Hall–Kier alpha value is -4.35. The van der Waals surface area contributed by atoms with E-state index in [1.54, 1.807) is 48.2 Å². The Morgan fingerprint density at radius 3 is 2.34 bits per heavy atom. The Labute approximate surface area is 280 Å². The number of carbonyl (C=O) groups is 3. The van der Waals surface area contributed by atoms with Gasteiger partial charge in [0.15, 0.2) is 0 Å². The molecule has 0 unspecified atom stereocenters. The second-order valence-electron chi connectivity index (χ2n) is 11.5. The molecule has 0 fully saturated rings. The van der Waals surface area contributed by atoms with E-state index in [0.29, 0.717) is 44.6 Å². The van der Waals surface area contributed by atoms with Gasteiger partial charge in [0.1, 0.15) is 5.60 Å². The normalized spacial score (nSPS) is 11.6. The van der Waals surface area contributed by atoms with Gasteiger partial charge in [0.25, 0.3) is 11.8 Å². The number of carbonyl (C=O) groups excluding carboxylic acids is 3. The van der Waals surface area contributed by atoms with Crippen molar-refractivity contribution in [3.8, 4) is 11.3 Å². The van der Waals surface area contributed by atoms with E-state index < -0.39 is 23.2 Å². The van der Waals surface area contributed by atoms with Crippen LogP contribution in [0.15, 0.2) is 85.1 Å². The summed E-state index contributed by atoms with van der Waals surface area (Å²) in [6, 6.07) is 19.7. The number of amides is 2. The lowest BCUT2D eigenvalue weighted by Gasteiger charge is -2.19. The standard InChI is InChI=1S/C35H33ClF3N3O4S/c1-34(2,3)46-31(43)13-15-47-21-23-7-4-8-24(16-23)33(45)42-29-11-10-27(36)19-28(29)30-18-25(12-14-40-30)32(44)41-20-22-6-5-9-26(17-22)35(37,38)39/h4-12,14,16-19H,13,15,20-21H2,1-3H3,(H,41,44)(H,42,45). The number of halogens is 4. The van der Waals surface area contributed by atoms with E-state index in [0.717, 1.165) is 17.7 Å². The van der Waals surface area contributed by atoms with Crippen molar-refractivity contribution in [1.82, 2.24) is 10.3 Å². The summed E-state index contributed by atoms with van der Waals surface area (Å²) in [6.45, 7) is 5.36. The summed E-state index contributed by atoms with van der Waals surface area (Å²) in [5.74, 6) is 0.0357. The molecule has 4 aromatic rings. The predicted molar refractivity (Wildman–Crippen MR) is 178 cm³/mol. The number of nitrogens with one attached hydrogen (secondary N) is 2. The van der Waals surface area contributed by atoms with Gasteiger partial charge in [-0.2, -0.15) is 24.9 Å². The highest BCUT2D eigenvalue weighted by atomic mass is 35.5. The van der Waals surface area contributed by atoms with Crippen LogP contribution in [-0.2, 0) is 28.0 Å². The van der Waals surface area contributed by atoms with Gasteiger partial charge in [-0.1, -0.05) is 35.9 Å². The van der Waals surface area contributed by atoms with E-state index in [2.05, 4.69) is 15.6 Å². The molecule has 2 amide bonds. The molecule has 0 bridgehead atoms. The molecule has 4 rings (SSSR count). The summed E-state index contributed by atoms with van der Waals surface area (Å²) < 4.78 is 44.5. The number of pyridine rings is 1. The van der Waals surface area contributed by atoms with Crippen molar-refractivity contribution < 1.29 is 32.3 Å². The molecule has 0 saturated heterocycles. The molecule has 0 spiro atoms. The maximum atomic E-state index is 13.3. The molecule has 0 atom stereocenters. The van der Waals surface area contributed by atoms with Crippen LogP contribution in [-0.4, -0.2) is 34.1 Å². The molecule has 7 nitrogen and oxygen atoms in total. The molecule has 12 heteroatoms. The first-order valence-corrected chi connectivity index (χ1v) is 16.1. The quantitative estimate of drug-likeness (QED) is 0.121. The van der Waals surface area contributed by atoms with Crippen molar-refractivity contribution in [2.45, 2.75) is 51.3 Å². The fourth-order valence-electron chi connectivity index (χ4n) is 4.43. The highest BCUT2D eigenvalue weighted by molar-refractivity contribution is 7.98. The molecular weight excluding hydrogens is 651 g/mol. The van der Waals surface area contributed by atoms with Crippen molar-refractivity contribution in [2.75, 3.05) is 11.1 Å². The van der Waals surface area contributed by atoms with Gasteiger partial charge < -0.3 is 15.4 Å². The Bertz CT molecular complexity index is 1760. The van der Waals surface area contributed by atoms with Crippen LogP contribution in [0.3, 0.4) is 0 Å². The number of benzene rings is 3. The van der Waals surface area contributed by atoms with Gasteiger partial charge in [-0.25, -0.2) is 0 Å². The summed E-state index contributed by atoms with van der Waals surface area (Å²) in [5, 5.41) is 5.91. The molecule has 2 N–H and O–H groups in total. The van der Waals surface area contributed by atoms with Crippen LogP contribution in [0.4, 0.5) is 18.9 Å². The second kappa shape index (κ2) is 15.5. The van der Waals surface area contributed by atoms with Gasteiger partial charge in [-0.05, 0) is 86.5 Å². The fraction of sp³-hybridized carbons (Fsp3) is 0.257. The van der Waals surface area contributed by atoms with Crippen LogP contribution in [0.25, 0.3) is 11.3 Å². The summed E-state index contributed by atoms with van der Waals surface area (Å²) in [4.78, 5) is 42.6. The van der Waals surface area contributed by atoms with Gasteiger partial charge in [-0.3, -0.25) is 19.4 Å². The SMILES string of the molecule is CC(C)(C)OC(=O)CCSCc1cccc(C(=O)Nc2ccc(Cl)cc2-c2cc(C(=O)NCc3cccc(C(F)(F)F)c3)ccn2)c1. The third-order valence-corrected chi connectivity index (χ3v) is 7.83. The molecule has 1 heterocycles. The average molecular weight is 684 g/mol. The lowest BCUT2D eigenvalue weighted by molar-refractivity contribution is -0.154. The summed E-state index contributed by atoms with van der Waals surface area (Å²) in [7, 11) is 0. The summed E-state index contributed by atoms with van der Waals surface area (Å²) in [5.41, 5.74) is 1.75. The van der Waals surface area contributed by atoms with Gasteiger partial charge in [0.05, 0.1) is 23.4 Å². The topological polar surface area (TPSA) is 97.4 Å². The van der Waals surface area contributed by atoms with Crippen molar-refractivity contribution in [2.24, 2.45) is 0 Å². The Morgan fingerprint density at radius 2 is 1.60 bits per heavy atom. The first-order valence-electron chi connectivity index (χ1n) is 14.6. The van der Waals surface area contributed by atoms with Crippen molar-refractivity contribution in [1.29, 1.82) is 0 Å². The third-order valence-electron chi connectivity index (χ3n) is 6.56. The van der Waals surface area contributed by atoms with Gasteiger partial charge in [0.2, 0.25) is 0 Å². The highest BCUT2D eigenvalue weighted by Crippen LogP contribution is 2.31. The first-order chi connectivity index (χ1) is 22.2. The van der Waals surface area contributed by atoms with E-state index in [1.807, 2.05) is 26.8 Å². The number of alkyl halides is 3. The average Bonchev–Trinajstić information content (AvgIpc) is 3.02. The van der Waals surface area contributed by atoms with E-state index in [1.165, 1.54) is 30.5 Å². The number of rotatable bonds is 11. The molecule has 0 aliphatic heterocycles. The summed E-state index contributed by atoms with van der Waals surface area (Å²) in [6.07, 6.45) is -2.78. The maximum Gasteiger partial charge on any atom is 0.416 e. The molecule has 3 aromatic carbocycles. The number of anilines is 1. The number of nitrogens with zero attached hydrogens (tertiary/aromatic N) is 1. The fourth-order valence-corrected chi connectivity index (χ4v) is 5.48. The molecular formula is C35H33ClF3N3O4S. The predicted octanol–water partition coefficient (Wildman–Crippen LogP) is 8.57. The zero-order valence-corrected chi connectivity index (χ0v) is 27.5. The van der Waals surface area contributed by atoms with E-state index >= 15 is 0 Å². The molecule has 0 saturated carbocycles. The Balaban J connectivity index is 1.42. The van der Waals surface area contributed by atoms with E-state index in [9.17, 15) is 27.6 Å². The van der Waals surface area contributed by atoms with Crippen molar-refractivity contribution >= 4 is 46.8 Å². The minimum Gasteiger partial charge on any atom is -0.460 e. The van der Waals surface area contributed by atoms with Crippen molar-refractivity contribution in [3.05, 3.63) is 118 Å². The largest absolute Gasteiger partial charge is 0.460 e. The minimum atomic E-state index is -4.49. The second-order valence-corrected chi connectivity index (χ2v) is 13.1. The molecule has 0 aliphatic carbocycles. The van der Waals surface area contributed by atoms with E-state index in [-0.39, 0.29) is 30.4 Å². The third kappa shape index (κ3) is 10.9. The molecule has 0 radical (unpaired) electrons. The number of hydrogen-bond donors (Lipinski definition) is 2. The lowest BCUT2D eigenvalue weighted by Crippen LogP contribution is -2.24. The zero-order valence-electron chi connectivity index (χ0n) is 25.9. The minimum absolute atomic E-state index is 0.111. The smallest absolute Gasteiger partial charge is 0.416 e. The lowest BCUT2D eigenvalue weighted by atomic mass is 10.1. The van der Waals surface area contributed by atoms with Gasteiger partial charge in [0, 0.05) is 46.0 Å². The van der Waals surface area contributed by atoms with Crippen molar-refractivity contribution in [3.63, 3.8) is 0 Å². The monoisotopic (exact) mass is 683 g/mol. The van der Waals surface area contributed by atoms with Crippen LogP contribution >= 0.6 is 23.4 Å². The number of hydrogen-bond acceptors (Lipinski definition) is 6. The zero-order chi connectivity index (χ0) is 34.2. The maximum absolute atomic E-state index is 13.3. The Kier molecular flexibility index (Phi) is 11.7.